The van der Waals surface area contributed by atoms with Crippen molar-refractivity contribution in [3.05, 3.63) is 104 Å². The number of nitrogens with zero attached hydrogens (tertiary/aromatic N) is 4. The second kappa shape index (κ2) is 11.2. The molecule has 12 nitrogen and oxygen atoms in total. The van der Waals surface area contributed by atoms with Crippen molar-refractivity contribution >= 4 is 39.2 Å². The number of halogens is 1. The standard InChI is InChI=1S/C27H25ClN6O6S/c1-41(38,39)32-23(35)27(13-14-27)17-34-25(36)31-24(33(26(34)37)16-18-5-7-19(28)8-6-18)30-20-9-11-21(12-10-20)40-22-4-2-3-15-29-22/h2-12,15H,13-14,16-17H2,1H3,(H,32,35)(H,30,31,36). The van der Waals surface area contributed by atoms with Gasteiger partial charge in [-0.05, 0) is 60.9 Å². The van der Waals surface area contributed by atoms with Crippen LogP contribution in [0.4, 0.5) is 11.6 Å². The molecule has 0 radical (unpaired) electrons. The fraction of sp³-hybridized carbons (Fsp3) is 0.222. The zero-order valence-electron chi connectivity index (χ0n) is 21.8. The minimum Gasteiger partial charge on any atom is -0.439 e. The smallest absolute Gasteiger partial charge is 0.354 e. The van der Waals surface area contributed by atoms with E-state index in [-0.39, 0.29) is 19.0 Å². The maximum Gasteiger partial charge on any atom is 0.354 e. The number of amides is 1. The van der Waals surface area contributed by atoms with Gasteiger partial charge in [-0.3, -0.25) is 14.1 Å². The number of hydrogen-bond donors (Lipinski definition) is 2. The Balaban J connectivity index is 1.46. The van der Waals surface area contributed by atoms with Gasteiger partial charge in [0, 0.05) is 29.5 Å². The van der Waals surface area contributed by atoms with Crippen LogP contribution >= 0.6 is 11.6 Å². The highest BCUT2D eigenvalue weighted by Crippen LogP contribution is 2.47. The first-order valence-corrected chi connectivity index (χ1v) is 14.7. The van der Waals surface area contributed by atoms with Gasteiger partial charge in [0.2, 0.25) is 27.8 Å². The summed E-state index contributed by atoms with van der Waals surface area (Å²) in [6.07, 6.45) is 3.13. The van der Waals surface area contributed by atoms with Crippen molar-refractivity contribution in [3.8, 4) is 11.6 Å². The number of nitrogens with one attached hydrogen (secondary N) is 2. The number of pyridine rings is 1. The molecule has 14 heteroatoms. The van der Waals surface area contributed by atoms with Crippen LogP contribution in [-0.2, 0) is 27.9 Å². The van der Waals surface area contributed by atoms with E-state index in [0.717, 1.165) is 10.8 Å². The van der Waals surface area contributed by atoms with E-state index >= 15 is 0 Å². The number of carbonyl (C=O) groups excluding carboxylic acids is 1. The monoisotopic (exact) mass is 596 g/mol. The third-order valence-electron chi connectivity index (χ3n) is 6.45. The zero-order valence-corrected chi connectivity index (χ0v) is 23.4. The molecule has 4 aromatic rings. The van der Waals surface area contributed by atoms with E-state index in [1.54, 1.807) is 72.9 Å². The number of benzene rings is 2. The summed E-state index contributed by atoms with van der Waals surface area (Å²) in [5.74, 6) is 0.174. The second-order valence-corrected chi connectivity index (χ2v) is 11.9. The molecule has 212 valence electrons. The van der Waals surface area contributed by atoms with E-state index in [4.69, 9.17) is 16.3 Å². The lowest BCUT2D eigenvalue weighted by molar-refractivity contribution is -0.125. The van der Waals surface area contributed by atoms with Crippen LogP contribution in [0.5, 0.6) is 11.6 Å². The number of hydrogen-bond acceptors (Lipinski definition) is 9. The lowest BCUT2D eigenvalue weighted by Crippen LogP contribution is -2.47. The fourth-order valence-electron chi connectivity index (χ4n) is 4.13. The summed E-state index contributed by atoms with van der Waals surface area (Å²) >= 11 is 6.02. The Morgan fingerprint density at radius 3 is 2.34 bits per heavy atom. The van der Waals surface area contributed by atoms with Gasteiger partial charge in [-0.1, -0.05) is 29.8 Å². The second-order valence-electron chi connectivity index (χ2n) is 9.70. The van der Waals surface area contributed by atoms with Crippen LogP contribution in [0.2, 0.25) is 5.02 Å². The summed E-state index contributed by atoms with van der Waals surface area (Å²) in [6.45, 7) is -0.269. The van der Waals surface area contributed by atoms with Crippen LogP contribution in [-0.4, -0.2) is 39.7 Å². The average Bonchev–Trinajstić information content (AvgIpc) is 3.72. The number of anilines is 2. The molecular formula is C27H25ClN6O6S. The molecule has 0 aliphatic heterocycles. The SMILES string of the molecule is CS(=O)(=O)NC(=O)C1(Cn2c(=O)nc(Nc3ccc(Oc4ccccn4)cc3)n(Cc3ccc(Cl)cc3)c2=O)CC1. The largest absolute Gasteiger partial charge is 0.439 e. The summed E-state index contributed by atoms with van der Waals surface area (Å²) in [5, 5.41) is 3.54. The minimum absolute atomic E-state index is 0.0185. The summed E-state index contributed by atoms with van der Waals surface area (Å²) in [7, 11) is -3.81. The maximum atomic E-state index is 13.7. The Morgan fingerprint density at radius 2 is 1.73 bits per heavy atom. The van der Waals surface area contributed by atoms with E-state index in [1.807, 2.05) is 4.72 Å². The molecule has 1 aliphatic carbocycles. The average molecular weight is 597 g/mol. The summed E-state index contributed by atoms with van der Waals surface area (Å²) in [4.78, 5) is 47.7. The van der Waals surface area contributed by atoms with E-state index in [0.29, 0.717) is 40.7 Å². The predicted molar refractivity (Wildman–Crippen MR) is 152 cm³/mol. The number of rotatable bonds is 10. The highest BCUT2D eigenvalue weighted by atomic mass is 35.5. The molecule has 1 aliphatic rings. The Kier molecular flexibility index (Phi) is 7.65. The van der Waals surface area contributed by atoms with Crippen molar-refractivity contribution < 1.29 is 17.9 Å². The molecule has 1 fully saturated rings. The molecule has 0 spiro atoms. The van der Waals surface area contributed by atoms with Gasteiger partial charge in [-0.15, -0.1) is 0 Å². The van der Waals surface area contributed by atoms with Crippen LogP contribution in [0.25, 0.3) is 0 Å². The molecule has 1 saturated carbocycles. The molecule has 0 bridgehead atoms. The highest BCUT2D eigenvalue weighted by molar-refractivity contribution is 7.89. The van der Waals surface area contributed by atoms with Crippen LogP contribution in [0.15, 0.2) is 82.5 Å². The number of carbonyl (C=O) groups is 1. The number of aromatic nitrogens is 4. The van der Waals surface area contributed by atoms with Crippen molar-refractivity contribution in [2.24, 2.45) is 5.41 Å². The van der Waals surface area contributed by atoms with E-state index < -0.39 is 32.7 Å². The van der Waals surface area contributed by atoms with Crippen molar-refractivity contribution in [3.63, 3.8) is 0 Å². The molecule has 1 amide bonds. The molecule has 0 unspecified atom stereocenters. The van der Waals surface area contributed by atoms with Crippen LogP contribution in [0, 0.1) is 5.41 Å². The van der Waals surface area contributed by atoms with E-state index in [2.05, 4.69) is 15.3 Å². The van der Waals surface area contributed by atoms with Gasteiger partial charge in [0.15, 0.2) is 0 Å². The van der Waals surface area contributed by atoms with Gasteiger partial charge in [0.05, 0.1) is 18.2 Å². The molecule has 2 N–H and O–H groups in total. The van der Waals surface area contributed by atoms with Crippen molar-refractivity contribution in [2.45, 2.75) is 25.9 Å². The number of sulfonamides is 1. The molecule has 0 atom stereocenters. The highest BCUT2D eigenvalue weighted by Gasteiger charge is 2.51. The van der Waals surface area contributed by atoms with Gasteiger partial charge in [-0.25, -0.2) is 27.6 Å². The number of ether oxygens (including phenoxy) is 1. The minimum atomic E-state index is -3.81. The van der Waals surface area contributed by atoms with Gasteiger partial charge in [0.25, 0.3) is 0 Å². The quantitative estimate of drug-likeness (QED) is 0.281. The molecule has 2 heterocycles. The first kappa shape index (κ1) is 28.1. The fourth-order valence-corrected chi connectivity index (χ4v) is 4.81. The normalized spacial score (nSPS) is 13.8. The van der Waals surface area contributed by atoms with Crippen LogP contribution in [0.1, 0.15) is 18.4 Å². The lowest BCUT2D eigenvalue weighted by Gasteiger charge is -2.19. The van der Waals surface area contributed by atoms with E-state index in [9.17, 15) is 22.8 Å². The van der Waals surface area contributed by atoms with Gasteiger partial charge in [0.1, 0.15) is 5.75 Å². The summed E-state index contributed by atoms with van der Waals surface area (Å²) in [6, 6.07) is 18.9. The Morgan fingerprint density at radius 1 is 1.02 bits per heavy atom. The zero-order chi connectivity index (χ0) is 29.2. The predicted octanol–water partition coefficient (Wildman–Crippen LogP) is 2.89. The molecule has 0 saturated heterocycles. The molecule has 5 rings (SSSR count). The van der Waals surface area contributed by atoms with Crippen molar-refractivity contribution in [2.75, 3.05) is 11.6 Å². The Hall–Kier alpha value is -4.49. The Labute approximate surface area is 239 Å². The van der Waals surface area contributed by atoms with E-state index in [1.165, 1.54) is 4.57 Å². The lowest BCUT2D eigenvalue weighted by atomic mass is 10.1. The first-order valence-electron chi connectivity index (χ1n) is 12.5. The topological polar surface area (TPSA) is 154 Å². The van der Waals surface area contributed by atoms with Crippen LogP contribution < -0.4 is 26.2 Å². The summed E-state index contributed by atoms with van der Waals surface area (Å²) < 4.78 is 33.0. The van der Waals surface area contributed by atoms with Gasteiger partial charge in [-0.2, -0.15) is 4.98 Å². The molecule has 2 aromatic heterocycles. The third-order valence-corrected chi connectivity index (χ3v) is 7.26. The molecular weight excluding hydrogens is 572 g/mol. The van der Waals surface area contributed by atoms with Gasteiger partial charge < -0.3 is 10.1 Å². The molecule has 41 heavy (non-hydrogen) atoms. The first-order chi connectivity index (χ1) is 19.5. The summed E-state index contributed by atoms with van der Waals surface area (Å²) in [5.41, 5.74) is -1.54. The third kappa shape index (κ3) is 6.81. The molecule has 2 aromatic carbocycles. The maximum absolute atomic E-state index is 13.7. The van der Waals surface area contributed by atoms with Crippen molar-refractivity contribution in [1.29, 1.82) is 0 Å². The van der Waals surface area contributed by atoms with Gasteiger partial charge >= 0.3 is 11.4 Å². The Bertz CT molecular complexity index is 1800. The van der Waals surface area contributed by atoms with Crippen molar-refractivity contribution in [1.82, 2.24) is 23.8 Å². The van der Waals surface area contributed by atoms with Crippen LogP contribution in [0.3, 0.4) is 0 Å².